The largest absolute Gasteiger partial charge is 0.507 e. The smallest absolute Gasteiger partial charge is 0.315 e. The molecule has 0 unspecified atom stereocenters. The number of nitrogens with one attached hydrogen (secondary N) is 2. The Kier molecular flexibility index (Phi) is 12.8. The molecule has 0 saturated carbocycles. The predicted molar refractivity (Wildman–Crippen MR) is 160 cm³/mol. The van der Waals surface area contributed by atoms with E-state index in [0.29, 0.717) is 71.8 Å². The van der Waals surface area contributed by atoms with E-state index in [1.165, 1.54) is 24.5 Å². The van der Waals surface area contributed by atoms with Gasteiger partial charge in [-0.2, -0.15) is 19.3 Å². The van der Waals surface area contributed by atoms with Crippen molar-refractivity contribution in [1.82, 2.24) is 15.0 Å². The zero-order valence-corrected chi connectivity index (χ0v) is 24.6. The zero-order chi connectivity index (χ0) is 32.0. The van der Waals surface area contributed by atoms with Crippen LogP contribution >= 0.6 is 24.1 Å². The average Bonchev–Trinajstić information content (AvgIpc) is 3.02. The van der Waals surface area contributed by atoms with Gasteiger partial charge in [-0.15, -0.1) is 18.9 Å². The molecule has 0 saturated heterocycles. The summed E-state index contributed by atoms with van der Waals surface area (Å²) < 4.78 is 33.5. The third-order valence-corrected chi connectivity index (χ3v) is 6.66. The van der Waals surface area contributed by atoms with E-state index in [1.54, 1.807) is 24.3 Å². The number of phenols is 1. The van der Waals surface area contributed by atoms with Gasteiger partial charge in [0.15, 0.2) is 0 Å². The first-order valence-electron chi connectivity index (χ1n) is 12.5. The van der Waals surface area contributed by atoms with Crippen LogP contribution in [0.4, 0.5) is 39.0 Å². The summed E-state index contributed by atoms with van der Waals surface area (Å²) in [7, 11) is 0. The fraction of sp³-hybridized carbons (Fsp3) is 0.160. The molecule has 7 N–H and O–H groups in total. The van der Waals surface area contributed by atoms with Crippen LogP contribution < -0.4 is 16.4 Å². The Balaban J connectivity index is 1.53. The second-order valence-electron chi connectivity index (χ2n) is 8.33. The lowest BCUT2D eigenvalue weighted by molar-refractivity contribution is -0.432. The molecular formula is C25H25FN8O9S2. The number of fused-ring (bicyclic) bond motifs is 1. The first-order valence-corrected chi connectivity index (χ1v) is 14.0. The van der Waals surface area contributed by atoms with Crippen molar-refractivity contribution in [2.24, 2.45) is 10.2 Å². The van der Waals surface area contributed by atoms with Gasteiger partial charge in [0.25, 0.3) is 0 Å². The number of anilines is 4. The Morgan fingerprint density at radius 3 is 2.56 bits per heavy atom. The molecule has 1 heterocycles. The lowest BCUT2D eigenvalue weighted by atomic mass is 10.1. The summed E-state index contributed by atoms with van der Waals surface area (Å²) in [5.41, 5.74) is 7.14. The average molecular weight is 665 g/mol. The van der Waals surface area contributed by atoms with Crippen LogP contribution in [-0.2, 0) is 28.2 Å². The minimum absolute atomic E-state index is 0.0242. The fourth-order valence-electron chi connectivity index (χ4n) is 3.66. The number of azo groups is 1. The standard InChI is InChI=1S/C25H25FN8O9S2/c1-2-38-9-10-39-8-7-28-24-30-23(26)31-25(32-24)29-15-4-6-18(20(12-15)45-43-41-37)33-34-22-17(27)5-3-14-11-16(44-42-40-36)13-19(35)21(14)22/h2-6,11-13,35-37H,1,7-10,27H2,(H2,28,29,30,31,32). The molecule has 1 aromatic heterocycles. The molecule has 0 fully saturated rings. The molecule has 4 rings (SSSR count). The SMILES string of the molecule is C=COCCOCCNc1nc(F)nc(Nc2ccc(N=Nc3c(N)ccc4cc(SOOO)cc(O)c34)c(SOOO)c2)n1. The molecule has 3 aromatic carbocycles. The van der Waals surface area contributed by atoms with Crippen molar-refractivity contribution >= 4 is 69.5 Å². The summed E-state index contributed by atoms with van der Waals surface area (Å²) in [5.74, 6) is -0.320. The van der Waals surface area contributed by atoms with Crippen LogP contribution in [0.5, 0.6) is 5.75 Å². The highest BCUT2D eigenvalue weighted by atomic mass is 32.2. The van der Waals surface area contributed by atoms with Crippen molar-refractivity contribution in [2.45, 2.75) is 9.79 Å². The number of rotatable bonds is 18. The first kappa shape index (κ1) is 33.5. The number of aromatic nitrogens is 3. The van der Waals surface area contributed by atoms with Gasteiger partial charge in [-0.05, 0) is 41.8 Å². The van der Waals surface area contributed by atoms with Crippen LogP contribution in [0.25, 0.3) is 10.8 Å². The molecule has 0 aliphatic rings. The summed E-state index contributed by atoms with van der Waals surface area (Å²) in [5, 5.41) is 50.1. The van der Waals surface area contributed by atoms with Gasteiger partial charge >= 0.3 is 6.08 Å². The van der Waals surface area contributed by atoms with E-state index in [9.17, 15) is 9.50 Å². The number of benzene rings is 3. The molecule has 0 atom stereocenters. The summed E-state index contributed by atoms with van der Waals surface area (Å²) in [6.07, 6.45) is 0.291. The molecule has 0 aliphatic carbocycles. The minimum atomic E-state index is -1.02. The van der Waals surface area contributed by atoms with Gasteiger partial charge in [-0.3, -0.25) is 0 Å². The van der Waals surface area contributed by atoms with E-state index in [1.807, 2.05) is 0 Å². The number of nitrogens with two attached hydrogens (primary N) is 1. The van der Waals surface area contributed by atoms with Crippen LogP contribution in [0.1, 0.15) is 0 Å². The number of hydrogen-bond acceptors (Lipinski definition) is 19. The Morgan fingerprint density at radius 1 is 0.956 bits per heavy atom. The molecule has 0 amide bonds. The number of phenolic OH excluding ortho intramolecular Hbond substituents is 1. The normalized spacial score (nSPS) is 11.3. The van der Waals surface area contributed by atoms with Gasteiger partial charge in [-0.25, -0.2) is 10.5 Å². The number of nitrogen functional groups attached to an aromatic ring is 1. The lowest BCUT2D eigenvalue weighted by Crippen LogP contribution is -2.15. The monoisotopic (exact) mass is 664 g/mol. The molecule has 4 aromatic rings. The van der Waals surface area contributed by atoms with Crippen LogP contribution in [0.3, 0.4) is 0 Å². The maximum Gasteiger partial charge on any atom is 0.315 e. The van der Waals surface area contributed by atoms with E-state index < -0.39 is 6.08 Å². The molecule has 17 nitrogen and oxygen atoms in total. The predicted octanol–water partition coefficient (Wildman–Crippen LogP) is 6.06. The highest BCUT2D eigenvalue weighted by molar-refractivity contribution is 7.94. The van der Waals surface area contributed by atoms with Gasteiger partial charge in [0.05, 0.1) is 59.5 Å². The van der Waals surface area contributed by atoms with Gasteiger partial charge in [0.2, 0.25) is 11.9 Å². The number of ether oxygens (including phenoxy) is 2. The third-order valence-electron chi connectivity index (χ3n) is 5.46. The molecule has 0 bridgehead atoms. The third kappa shape index (κ3) is 9.81. The number of hydrogen-bond donors (Lipinski definition) is 6. The van der Waals surface area contributed by atoms with Gasteiger partial charge in [0, 0.05) is 17.1 Å². The second-order valence-corrected chi connectivity index (χ2v) is 9.85. The van der Waals surface area contributed by atoms with Crippen molar-refractivity contribution < 1.29 is 48.2 Å². The second kappa shape index (κ2) is 17.2. The molecule has 238 valence electrons. The summed E-state index contributed by atoms with van der Waals surface area (Å²) >= 11 is 1.26. The van der Waals surface area contributed by atoms with Gasteiger partial charge in [-0.1, -0.05) is 22.7 Å². The Hall–Kier alpha value is -4.38. The van der Waals surface area contributed by atoms with Gasteiger partial charge in [0.1, 0.15) is 23.7 Å². The van der Waals surface area contributed by atoms with Crippen molar-refractivity contribution in [3.8, 4) is 5.75 Å². The number of halogens is 1. The van der Waals surface area contributed by atoms with Crippen LogP contribution in [-0.4, -0.2) is 56.9 Å². The van der Waals surface area contributed by atoms with E-state index >= 15 is 0 Å². The van der Waals surface area contributed by atoms with Crippen molar-refractivity contribution in [3.63, 3.8) is 0 Å². The Labute approximate surface area is 262 Å². The quantitative estimate of drug-likeness (QED) is 0.0135. The zero-order valence-electron chi connectivity index (χ0n) is 23.0. The van der Waals surface area contributed by atoms with Gasteiger partial charge < -0.3 is 30.9 Å². The van der Waals surface area contributed by atoms with E-state index in [-0.39, 0.29) is 39.6 Å². The van der Waals surface area contributed by atoms with Crippen molar-refractivity contribution in [1.29, 1.82) is 0 Å². The van der Waals surface area contributed by atoms with E-state index in [0.717, 1.165) is 0 Å². The molecule has 45 heavy (non-hydrogen) atoms. The first-order chi connectivity index (χ1) is 21.9. The highest BCUT2D eigenvalue weighted by Crippen LogP contribution is 2.42. The number of nitrogens with zero attached hydrogens (tertiary/aromatic N) is 5. The molecule has 0 spiro atoms. The van der Waals surface area contributed by atoms with Crippen molar-refractivity contribution in [2.75, 3.05) is 42.7 Å². The maximum absolute atomic E-state index is 14.1. The topological polar surface area (TPSA) is 230 Å². The Morgan fingerprint density at radius 2 is 1.76 bits per heavy atom. The summed E-state index contributed by atoms with van der Waals surface area (Å²) in [6, 6.07) is 10.8. The maximum atomic E-state index is 14.1. The molecular weight excluding hydrogens is 639 g/mol. The van der Waals surface area contributed by atoms with Crippen LogP contribution in [0.2, 0.25) is 0 Å². The summed E-state index contributed by atoms with van der Waals surface area (Å²) in [4.78, 5) is 12.1. The van der Waals surface area contributed by atoms with Crippen LogP contribution in [0, 0.1) is 6.08 Å². The fourth-order valence-corrected chi connectivity index (χ4v) is 4.58. The Bertz CT molecular complexity index is 1640. The van der Waals surface area contributed by atoms with Crippen LogP contribution in [0.15, 0.2) is 75.3 Å². The minimum Gasteiger partial charge on any atom is -0.507 e. The summed E-state index contributed by atoms with van der Waals surface area (Å²) in [6.45, 7) is 4.73. The molecule has 0 aliphatic heterocycles. The van der Waals surface area contributed by atoms with E-state index in [4.69, 9.17) is 25.7 Å². The molecule has 20 heteroatoms. The highest BCUT2D eigenvalue weighted by Gasteiger charge is 2.14. The van der Waals surface area contributed by atoms with E-state index in [2.05, 4.69) is 61.1 Å². The molecule has 0 radical (unpaired) electrons. The number of aromatic hydroxyl groups is 1. The lowest BCUT2D eigenvalue weighted by Gasteiger charge is -2.11. The van der Waals surface area contributed by atoms with Crippen molar-refractivity contribution in [3.05, 3.63) is 61.4 Å².